The highest BCUT2D eigenvalue weighted by Crippen LogP contribution is 2.37. The van der Waals surface area contributed by atoms with Crippen molar-refractivity contribution < 1.29 is 4.79 Å². The van der Waals surface area contributed by atoms with E-state index in [2.05, 4.69) is 35.9 Å². The Balaban J connectivity index is 1.67. The molecule has 0 spiro atoms. The van der Waals surface area contributed by atoms with Gasteiger partial charge in [0.2, 0.25) is 11.9 Å². The van der Waals surface area contributed by atoms with E-state index >= 15 is 0 Å². The number of rotatable bonds is 2. The second-order valence-corrected chi connectivity index (χ2v) is 7.46. The van der Waals surface area contributed by atoms with E-state index in [9.17, 15) is 4.79 Å². The number of hydrogen-bond donors (Lipinski definition) is 0. The van der Waals surface area contributed by atoms with Gasteiger partial charge in [-0.2, -0.15) is 0 Å². The first kappa shape index (κ1) is 16.1. The standard InChI is InChI=1S/C20H24N4O/c1-14-10-15(2)13-23(12-14)19(25)18-11-16-6-3-4-7-17(16)24(18)20-21-8-5-9-22-20/h3-9,14-15,18H,10-13H2,1-2H3/t14?,15?,18-/m0/s1. The van der Waals surface area contributed by atoms with E-state index in [1.165, 1.54) is 12.0 Å². The van der Waals surface area contributed by atoms with Crippen molar-refractivity contribution in [2.45, 2.75) is 32.7 Å². The first-order valence-corrected chi connectivity index (χ1v) is 9.06. The molecule has 1 aromatic heterocycles. The molecule has 2 aliphatic heterocycles. The molecule has 1 fully saturated rings. The lowest BCUT2D eigenvalue weighted by Crippen LogP contribution is -2.51. The van der Waals surface area contributed by atoms with Gasteiger partial charge in [-0.1, -0.05) is 32.0 Å². The number of likely N-dealkylation sites (tertiary alicyclic amines) is 1. The number of piperidine rings is 1. The first-order valence-electron chi connectivity index (χ1n) is 9.06. The molecule has 0 bridgehead atoms. The van der Waals surface area contributed by atoms with Gasteiger partial charge in [0.05, 0.1) is 0 Å². The van der Waals surface area contributed by atoms with Gasteiger partial charge in [0, 0.05) is 37.6 Å². The summed E-state index contributed by atoms with van der Waals surface area (Å²) in [5.74, 6) is 1.90. The number of anilines is 2. The van der Waals surface area contributed by atoms with E-state index in [0.717, 1.165) is 18.8 Å². The van der Waals surface area contributed by atoms with E-state index < -0.39 is 0 Å². The predicted molar refractivity (Wildman–Crippen MR) is 97.6 cm³/mol. The SMILES string of the molecule is CC1CC(C)CN(C(=O)[C@@H]2Cc3ccccc3N2c2ncccn2)C1. The fraction of sp³-hybridized carbons (Fsp3) is 0.450. The Bertz CT molecular complexity index is 753. The summed E-state index contributed by atoms with van der Waals surface area (Å²) in [5, 5.41) is 0. The minimum Gasteiger partial charge on any atom is -0.340 e. The molecule has 0 saturated carbocycles. The minimum absolute atomic E-state index is 0.196. The Hall–Kier alpha value is -2.43. The first-order chi connectivity index (χ1) is 12.1. The van der Waals surface area contributed by atoms with Gasteiger partial charge in [0.25, 0.3) is 0 Å². The Labute approximate surface area is 148 Å². The highest BCUT2D eigenvalue weighted by molar-refractivity contribution is 5.90. The molecule has 25 heavy (non-hydrogen) atoms. The van der Waals surface area contributed by atoms with Crippen LogP contribution in [0.3, 0.4) is 0 Å². The van der Waals surface area contributed by atoms with E-state index in [1.54, 1.807) is 18.5 Å². The third-order valence-corrected chi connectivity index (χ3v) is 5.21. The molecular weight excluding hydrogens is 312 g/mol. The summed E-state index contributed by atoms with van der Waals surface area (Å²) in [6.45, 7) is 6.16. The van der Waals surface area contributed by atoms with Gasteiger partial charge < -0.3 is 4.90 Å². The summed E-state index contributed by atoms with van der Waals surface area (Å²) >= 11 is 0. The average Bonchev–Trinajstić information content (AvgIpc) is 3.00. The molecule has 1 saturated heterocycles. The fourth-order valence-electron chi connectivity index (χ4n) is 4.30. The van der Waals surface area contributed by atoms with Crippen LogP contribution in [0.25, 0.3) is 0 Å². The van der Waals surface area contributed by atoms with Crippen LogP contribution in [0, 0.1) is 11.8 Å². The summed E-state index contributed by atoms with van der Waals surface area (Å²) in [5.41, 5.74) is 2.23. The van der Waals surface area contributed by atoms with E-state index in [0.29, 0.717) is 24.2 Å². The summed E-state index contributed by atoms with van der Waals surface area (Å²) in [4.78, 5) is 26.3. The lowest BCUT2D eigenvalue weighted by Gasteiger charge is -2.38. The molecule has 2 aromatic rings. The van der Waals surface area contributed by atoms with Crippen LogP contribution in [-0.4, -0.2) is 39.9 Å². The highest BCUT2D eigenvalue weighted by Gasteiger charge is 2.40. The van der Waals surface area contributed by atoms with Crippen LogP contribution in [0.1, 0.15) is 25.8 Å². The van der Waals surface area contributed by atoms with Gasteiger partial charge in [0.1, 0.15) is 6.04 Å². The summed E-state index contributed by atoms with van der Waals surface area (Å²) in [6, 6.07) is 9.74. The van der Waals surface area contributed by atoms with Crippen LogP contribution in [0.15, 0.2) is 42.7 Å². The van der Waals surface area contributed by atoms with Crippen molar-refractivity contribution >= 4 is 17.5 Å². The smallest absolute Gasteiger partial charge is 0.246 e. The normalized spacial score (nSPS) is 25.8. The van der Waals surface area contributed by atoms with Crippen molar-refractivity contribution in [2.24, 2.45) is 11.8 Å². The number of nitrogens with zero attached hydrogens (tertiary/aromatic N) is 4. The molecule has 3 heterocycles. The minimum atomic E-state index is -0.253. The zero-order valence-electron chi connectivity index (χ0n) is 14.8. The molecule has 0 radical (unpaired) electrons. The lowest BCUT2D eigenvalue weighted by molar-refractivity contribution is -0.135. The van der Waals surface area contributed by atoms with E-state index in [-0.39, 0.29) is 11.9 Å². The number of para-hydroxylation sites is 1. The summed E-state index contributed by atoms with van der Waals surface area (Å²) in [6.07, 6.45) is 5.37. The van der Waals surface area contributed by atoms with E-state index in [1.807, 2.05) is 21.9 Å². The number of benzene rings is 1. The molecule has 2 aliphatic rings. The van der Waals surface area contributed by atoms with Gasteiger partial charge in [-0.25, -0.2) is 9.97 Å². The maximum Gasteiger partial charge on any atom is 0.246 e. The van der Waals surface area contributed by atoms with Gasteiger partial charge >= 0.3 is 0 Å². The molecule has 1 aromatic carbocycles. The second-order valence-electron chi connectivity index (χ2n) is 7.46. The van der Waals surface area contributed by atoms with Crippen molar-refractivity contribution in [1.82, 2.24) is 14.9 Å². The zero-order chi connectivity index (χ0) is 17.4. The predicted octanol–water partition coefficient (Wildman–Crippen LogP) is 3.04. The average molecular weight is 336 g/mol. The molecule has 130 valence electrons. The maximum atomic E-state index is 13.4. The van der Waals surface area contributed by atoms with Crippen LogP contribution in [0.2, 0.25) is 0 Å². The molecule has 0 aliphatic carbocycles. The Kier molecular flexibility index (Phi) is 4.15. The molecule has 2 unspecified atom stereocenters. The third-order valence-electron chi connectivity index (χ3n) is 5.21. The van der Waals surface area contributed by atoms with Gasteiger partial charge in [-0.05, 0) is 36.0 Å². The van der Waals surface area contributed by atoms with Crippen molar-refractivity contribution in [3.63, 3.8) is 0 Å². The number of amides is 1. The molecular formula is C20H24N4O. The maximum absolute atomic E-state index is 13.4. The number of aromatic nitrogens is 2. The van der Waals surface area contributed by atoms with Crippen molar-refractivity contribution in [3.05, 3.63) is 48.3 Å². The summed E-state index contributed by atoms with van der Waals surface area (Å²) in [7, 11) is 0. The summed E-state index contributed by atoms with van der Waals surface area (Å²) < 4.78 is 0. The van der Waals surface area contributed by atoms with Gasteiger partial charge in [0.15, 0.2) is 0 Å². The molecule has 3 atom stereocenters. The van der Waals surface area contributed by atoms with Crippen LogP contribution < -0.4 is 4.90 Å². The molecule has 5 heteroatoms. The van der Waals surface area contributed by atoms with Crippen molar-refractivity contribution in [2.75, 3.05) is 18.0 Å². The lowest BCUT2D eigenvalue weighted by atomic mass is 9.91. The van der Waals surface area contributed by atoms with Crippen molar-refractivity contribution in [1.29, 1.82) is 0 Å². The van der Waals surface area contributed by atoms with Gasteiger partial charge in [-0.3, -0.25) is 9.69 Å². The monoisotopic (exact) mass is 336 g/mol. The quantitative estimate of drug-likeness (QED) is 0.846. The largest absolute Gasteiger partial charge is 0.340 e. The Morgan fingerprint density at radius 1 is 1.04 bits per heavy atom. The number of hydrogen-bond acceptors (Lipinski definition) is 4. The Morgan fingerprint density at radius 3 is 2.44 bits per heavy atom. The molecule has 0 N–H and O–H groups in total. The Morgan fingerprint density at radius 2 is 1.72 bits per heavy atom. The number of carbonyl (C=O) groups is 1. The van der Waals surface area contributed by atoms with Crippen LogP contribution in [0.4, 0.5) is 11.6 Å². The van der Waals surface area contributed by atoms with Crippen LogP contribution >= 0.6 is 0 Å². The topological polar surface area (TPSA) is 49.3 Å². The zero-order valence-corrected chi connectivity index (χ0v) is 14.8. The van der Waals surface area contributed by atoms with E-state index in [4.69, 9.17) is 0 Å². The molecule has 1 amide bonds. The third kappa shape index (κ3) is 2.99. The molecule has 5 nitrogen and oxygen atoms in total. The number of carbonyl (C=O) groups excluding carboxylic acids is 1. The molecule has 4 rings (SSSR count). The van der Waals surface area contributed by atoms with Crippen LogP contribution in [0.5, 0.6) is 0 Å². The second kappa shape index (κ2) is 6.47. The van der Waals surface area contributed by atoms with Gasteiger partial charge in [-0.15, -0.1) is 0 Å². The van der Waals surface area contributed by atoms with Crippen molar-refractivity contribution in [3.8, 4) is 0 Å². The van der Waals surface area contributed by atoms with Crippen LogP contribution in [-0.2, 0) is 11.2 Å². The fourth-order valence-corrected chi connectivity index (χ4v) is 4.30. The highest BCUT2D eigenvalue weighted by atomic mass is 16.2. The number of fused-ring (bicyclic) bond motifs is 1.